The minimum Gasteiger partial charge on any atom is -0.478 e. The Kier molecular flexibility index (Phi) is 4.42. The number of rotatable bonds is 5. The van der Waals surface area contributed by atoms with Crippen molar-refractivity contribution < 1.29 is 14.8 Å². The van der Waals surface area contributed by atoms with Gasteiger partial charge in [-0.1, -0.05) is 5.57 Å². The lowest BCUT2D eigenvalue weighted by Gasteiger charge is -2.06. The van der Waals surface area contributed by atoms with Crippen LogP contribution in [0.15, 0.2) is 30.0 Å². The minimum atomic E-state index is -1.17. The van der Waals surface area contributed by atoms with E-state index in [-0.39, 0.29) is 11.3 Å². The van der Waals surface area contributed by atoms with E-state index in [1.165, 1.54) is 12.1 Å². The largest absolute Gasteiger partial charge is 0.478 e. The van der Waals surface area contributed by atoms with Crippen LogP contribution in [0, 0.1) is 10.1 Å². The Balaban J connectivity index is 3.01. The highest BCUT2D eigenvalue weighted by Gasteiger charge is 2.15. The van der Waals surface area contributed by atoms with Crippen molar-refractivity contribution in [1.82, 2.24) is 5.32 Å². The van der Waals surface area contributed by atoms with Crippen LogP contribution in [0.1, 0.15) is 29.8 Å². The van der Waals surface area contributed by atoms with Gasteiger partial charge in [-0.2, -0.15) is 0 Å². The molecule has 0 aliphatic heterocycles. The van der Waals surface area contributed by atoms with Gasteiger partial charge in [0.15, 0.2) is 0 Å². The second-order valence-electron chi connectivity index (χ2n) is 4.01. The van der Waals surface area contributed by atoms with E-state index in [2.05, 4.69) is 5.32 Å². The first-order valence-electron chi connectivity index (χ1n) is 5.29. The Hall–Kier alpha value is -2.37. The van der Waals surface area contributed by atoms with Gasteiger partial charge in [0.2, 0.25) is 0 Å². The quantitative estimate of drug-likeness (QED) is 0.618. The van der Waals surface area contributed by atoms with Crippen molar-refractivity contribution in [3.63, 3.8) is 0 Å². The molecule has 0 spiro atoms. The molecule has 0 bridgehead atoms. The smallest absolute Gasteiger partial charge is 0.336 e. The standard InChI is InChI=1S/C12H14N2O4/c1-8(2)6-13-7-9-3-4-10(14(17)18)5-11(9)12(15)16/h3-6,13H,7H2,1-2H3,(H,15,16). The third-order valence-electron chi connectivity index (χ3n) is 2.22. The van der Waals surface area contributed by atoms with Crippen molar-refractivity contribution in [2.24, 2.45) is 0 Å². The first-order chi connectivity index (χ1) is 8.41. The highest BCUT2D eigenvalue weighted by atomic mass is 16.6. The van der Waals surface area contributed by atoms with E-state index < -0.39 is 10.9 Å². The molecular weight excluding hydrogens is 236 g/mol. The van der Waals surface area contributed by atoms with E-state index >= 15 is 0 Å². The van der Waals surface area contributed by atoms with Gasteiger partial charge < -0.3 is 10.4 Å². The molecule has 6 nitrogen and oxygen atoms in total. The van der Waals surface area contributed by atoms with Gasteiger partial charge in [0, 0.05) is 18.7 Å². The molecular formula is C12H14N2O4. The summed E-state index contributed by atoms with van der Waals surface area (Å²) in [5.74, 6) is -1.17. The number of carbonyl (C=O) groups is 1. The maximum atomic E-state index is 11.0. The number of carboxylic acids is 1. The van der Waals surface area contributed by atoms with E-state index in [0.29, 0.717) is 12.1 Å². The van der Waals surface area contributed by atoms with Gasteiger partial charge in [-0.25, -0.2) is 4.79 Å². The first-order valence-corrected chi connectivity index (χ1v) is 5.29. The Labute approximate surface area is 104 Å². The highest BCUT2D eigenvalue weighted by Crippen LogP contribution is 2.18. The number of nitrogens with zero attached hydrogens (tertiary/aromatic N) is 1. The molecule has 0 saturated carbocycles. The lowest BCUT2D eigenvalue weighted by molar-refractivity contribution is -0.384. The second-order valence-corrected chi connectivity index (χ2v) is 4.01. The molecule has 0 atom stereocenters. The van der Waals surface area contributed by atoms with Crippen LogP contribution < -0.4 is 5.32 Å². The predicted octanol–water partition coefficient (Wildman–Crippen LogP) is 2.31. The second kappa shape index (κ2) is 5.81. The molecule has 0 amide bonds. The molecule has 0 fully saturated rings. The fourth-order valence-electron chi connectivity index (χ4n) is 1.40. The molecule has 6 heteroatoms. The summed E-state index contributed by atoms with van der Waals surface area (Å²) in [6.45, 7) is 4.12. The molecule has 0 heterocycles. The van der Waals surface area contributed by atoms with E-state index in [4.69, 9.17) is 5.11 Å². The van der Waals surface area contributed by atoms with Gasteiger partial charge in [0.1, 0.15) is 0 Å². The van der Waals surface area contributed by atoms with Gasteiger partial charge in [-0.3, -0.25) is 10.1 Å². The lowest BCUT2D eigenvalue weighted by atomic mass is 10.1. The summed E-state index contributed by atoms with van der Waals surface area (Å²) in [5, 5.41) is 22.5. The number of nitro benzene ring substituents is 1. The number of aromatic carboxylic acids is 1. The predicted molar refractivity (Wildman–Crippen MR) is 66.3 cm³/mol. The molecule has 0 unspecified atom stereocenters. The van der Waals surface area contributed by atoms with Crippen LogP contribution in [-0.2, 0) is 6.54 Å². The molecule has 0 saturated heterocycles. The van der Waals surface area contributed by atoms with Crippen LogP contribution in [0.5, 0.6) is 0 Å². The summed E-state index contributed by atoms with van der Waals surface area (Å²) in [7, 11) is 0. The minimum absolute atomic E-state index is 0.0566. The average Bonchev–Trinajstić information content (AvgIpc) is 2.28. The SMILES string of the molecule is CC(C)=CNCc1ccc([N+](=O)[O-])cc1C(=O)O. The Morgan fingerprint density at radius 1 is 1.50 bits per heavy atom. The number of hydrogen-bond acceptors (Lipinski definition) is 4. The summed E-state index contributed by atoms with van der Waals surface area (Å²) < 4.78 is 0. The number of hydrogen-bond donors (Lipinski definition) is 2. The molecule has 18 heavy (non-hydrogen) atoms. The molecule has 96 valence electrons. The lowest BCUT2D eigenvalue weighted by Crippen LogP contribution is -2.11. The van der Waals surface area contributed by atoms with Crippen LogP contribution in [0.25, 0.3) is 0 Å². The van der Waals surface area contributed by atoms with E-state index in [9.17, 15) is 14.9 Å². The molecule has 0 aliphatic carbocycles. The van der Waals surface area contributed by atoms with Gasteiger partial charge >= 0.3 is 5.97 Å². The Morgan fingerprint density at radius 3 is 2.67 bits per heavy atom. The maximum Gasteiger partial charge on any atom is 0.336 e. The monoisotopic (exact) mass is 250 g/mol. The van der Waals surface area contributed by atoms with Gasteiger partial charge in [-0.05, 0) is 31.7 Å². The molecule has 0 aromatic heterocycles. The van der Waals surface area contributed by atoms with Crippen LogP contribution in [0.4, 0.5) is 5.69 Å². The van der Waals surface area contributed by atoms with Crippen molar-refractivity contribution in [3.05, 3.63) is 51.2 Å². The highest BCUT2D eigenvalue weighted by molar-refractivity contribution is 5.90. The average molecular weight is 250 g/mol. The van der Waals surface area contributed by atoms with Crippen molar-refractivity contribution in [2.45, 2.75) is 20.4 Å². The third kappa shape index (κ3) is 3.58. The number of nitrogens with one attached hydrogen (secondary N) is 1. The van der Waals surface area contributed by atoms with Crippen LogP contribution in [-0.4, -0.2) is 16.0 Å². The van der Waals surface area contributed by atoms with Crippen molar-refractivity contribution in [1.29, 1.82) is 0 Å². The zero-order chi connectivity index (χ0) is 13.7. The fourth-order valence-corrected chi connectivity index (χ4v) is 1.40. The topological polar surface area (TPSA) is 92.5 Å². The van der Waals surface area contributed by atoms with E-state index in [1.54, 1.807) is 6.20 Å². The summed E-state index contributed by atoms with van der Waals surface area (Å²) >= 11 is 0. The first kappa shape index (κ1) is 13.7. The molecule has 1 rings (SSSR count). The van der Waals surface area contributed by atoms with Gasteiger partial charge in [0.05, 0.1) is 10.5 Å². The Bertz CT molecular complexity index is 505. The number of non-ortho nitro benzene ring substituents is 1. The van der Waals surface area contributed by atoms with Crippen molar-refractivity contribution in [3.8, 4) is 0 Å². The van der Waals surface area contributed by atoms with Crippen LogP contribution in [0.3, 0.4) is 0 Å². The maximum absolute atomic E-state index is 11.0. The summed E-state index contributed by atoms with van der Waals surface area (Å²) in [4.78, 5) is 21.0. The summed E-state index contributed by atoms with van der Waals surface area (Å²) in [6.07, 6.45) is 1.76. The third-order valence-corrected chi connectivity index (χ3v) is 2.22. The number of nitro groups is 1. The normalized spacial score (nSPS) is 9.67. The Morgan fingerprint density at radius 2 is 2.17 bits per heavy atom. The molecule has 0 radical (unpaired) electrons. The summed E-state index contributed by atoms with van der Waals surface area (Å²) in [6, 6.07) is 3.82. The molecule has 0 aliphatic rings. The summed E-state index contributed by atoms with van der Waals surface area (Å²) in [5.41, 5.74) is 1.27. The van der Waals surface area contributed by atoms with Crippen LogP contribution >= 0.6 is 0 Å². The molecule has 1 aromatic carbocycles. The van der Waals surface area contributed by atoms with Crippen molar-refractivity contribution in [2.75, 3.05) is 0 Å². The fraction of sp³-hybridized carbons (Fsp3) is 0.250. The van der Waals surface area contributed by atoms with Crippen LogP contribution in [0.2, 0.25) is 0 Å². The van der Waals surface area contributed by atoms with Gasteiger partial charge in [-0.15, -0.1) is 0 Å². The number of benzene rings is 1. The zero-order valence-electron chi connectivity index (χ0n) is 10.1. The number of allylic oxidation sites excluding steroid dienone is 1. The molecule has 2 N–H and O–H groups in total. The van der Waals surface area contributed by atoms with E-state index in [0.717, 1.165) is 11.6 Å². The van der Waals surface area contributed by atoms with Gasteiger partial charge in [0.25, 0.3) is 5.69 Å². The van der Waals surface area contributed by atoms with Crippen molar-refractivity contribution >= 4 is 11.7 Å². The number of carboxylic acid groups (broad SMARTS) is 1. The zero-order valence-corrected chi connectivity index (χ0v) is 10.1. The van der Waals surface area contributed by atoms with E-state index in [1.807, 2.05) is 13.8 Å². The molecule has 1 aromatic rings.